The molecule has 2 rings (SSSR count). The lowest BCUT2D eigenvalue weighted by molar-refractivity contribution is -0.121. The van der Waals surface area contributed by atoms with E-state index in [1.54, 1.807) is 13.0 Å². The summed E-state index contributed by atoms with van der Waals surface area (Å²) in [6, 6.07) is 9.86. The van der Waals surface area contributed by atoms with Gasteiger partial charge < -0.3 is 9.84 Å². The van der Waals surface area contributed by atoms with E-state index < -0.39 is 0 Å². The van der Waals surface area contributed by atoms with Gasteiger partial charge in [0, 0.05) is 12.6 Å². The van der Waals surface area contributed by atoms with Crippen LogP contribution in [0.2, 0.25) is 0 Å². The van der Waals surface area contributed by atoms with Gasteiger partial charge in [0.05, 0.1) is 6.04 Å². The topological polar surface area (TPSA) is 58.4 Å². The van der Waals surface area contributed by atoms with Crippen molar-refractivity contribution in [3.05, 3.63) is 47.2 Å². The van der Waals surface area contributed by atoms with Gasteiger partial charge in [-0.2, -0.15) is 0 Å². The predicted molar refractivity (Wildman–Crippen MR) is 86.6 cm³/mol. The lowest BCUT2D eigenvalue weighted by Gasteiger charge is -2.25. The molecule has 1 heterocycles. The molecule has 5 heteroatoms. The average molecular weight is 301 g/mol. The number of nitrogens with zero attached hydrogens (tertiary/aromatic N) is 2. The van der Waals surface area contributed by atoms with Crippen LogP contribution in [0.1, 0.15) is 30.2 Å². The molecule has 1 amide bonds. The third-order valence-corrected chi connectivity index (χ3v) is 3.65. The van der Waals surface area contributed by atoms with Crippen molar-refractivity contribution in [1.82, 2.24) is 10.1 Å². The van der Waals surface area contributed by atoms with Crippen molar-refractivity contribution in [3.8, 4) is 0 Å². The number of hydrogen-bond acceptors (Lipinski definition) is 4. The molecule has 1 atom stereocenters. The smallest absolute Gasteiger partial charge is 0.242 e. The van der Waals surface area contributed by atoms with E-state index in [9.17, 15) is 4.79 Å². The van der Waals surface area contributed by atoms with E-state index in [0.717, 1.165) is 13.0 Å². The molecule has 118 valence electrons. The van der Waals surface area contributed by atoms with Crippen molar-refractivity contribution in [3.63, 3.8) is 0 Å². The summed E-state index contributed by atoms with van der Waals surface area (Å²) in [7, 11) is 1.96. The zero-order valence-corrected chi connectivity index (χ0v) is 13.6. The molecule has 0 saturated carbocycles. The monoisotopic (exact) mass is 301 g/mol. The Balaban J connectivity index is 1.99. The fraction of sp³-hybridized carbons (Fsp3) is 0.412. The molecule has 1 N–H and O–H groups in total. The molecule has 0 bridgehead atoms. The summed E-state index contributed by atoms with van der Waals surface area (Å²) in [5.41, 5.74) is 2.43. The molecule has 1 aromatic heterocycles. The van der Waals surface area contributed by atoms with Crippen LogP contribution in [0.5, 0.6) is 0 Å². The van der Waals surface area contributed by atoms with Gasteiger partial charge in [-0.1, -0.05) is 41.9 Å². The van der Waals surface area contributed by atoms with E-state index in [4.69, 9.17) is 4.52 Å². The maximum absolute atomic E-state index is 12.4. The molecule has 2 aromatic rings. The van der Waals surface area contributed by atoms with Crippen molar-refractivity contribution in [2.75, 3.05) is 12.4 Å². The number of carbonyl (C=O) groups is 1. The van der Waals surface area contributed by atoms with Crippen molar-refractivity contribution in [1.29, 1.82) is 0 Å². The molecule has 0 unspecified atom stereocenters. The molecule has 0 aliphatic heterocycles. The lowest BCUT2D eigenvalue weighted by Crippen LogP contribution is -2.41. The number of benzene rings is 1. The first-order chi connectivity index (χ1) is 10.5. The van der Waals surface area contributed by atoms with Crippen LogP contribution in [0, 0.1) is 13.8 Å². The van der Waals surface area contributed by atoms with Crippen LogP contribution in [-0.2, 0) is 11.3 Å². The van der Waals surface area contributed by atoms with Crippen molar-refractivity contribution >= 4 is 11.7 Å². The fourth-order valence-electron chi connectivity index (χ4n) is 2.42. The van der Waals surface area contributed by atoms with Gasteiger partial charge in [-0.25, -0.2) is 0 Å². The van der Waals surface area contributed by atoms with E-state index in [-0.39, 0.29) is 11.9 Å². The Morgan fingerprint density at radius 2 is 2.00 bits per heavy atom. The van der Waals surface area contributed by atoms with Crippen LogP contribution in [-0.4, -0.2) is 29.1 Å². The highest BCUT2D eigenvalue weighted by molar-refractivity contribution is 5.93. The summed E-state index contributed by atoms with van der Waals surface area (Å²) in [6.45, 7) is 6.59. The third kappa shape index (κ3) is 4.18. The number of nitrogens with one attached hydrogen (secondary N) is 1. The van der Waals surface area contributed by atoms with Crippen LogP contribution >= 0.6 is 0 Å². The minimum absolute atomic E-state index is 0.0644. The summed E-state index contributed by atoms with van der Waals surface area (Å²) in [5.74, 6) is 1.08. The predicted octanol–water partition coefficient (Wildman–Crippen LogP) is 3.14. The van der Waals surface area contributed by atoms with Crippen molar-refractivity contribution in [2.45, 2.75) is 39.8 Å². The number of likely N-dealkylation sites (N-methyl/N-ethyl adjacent to an activating group) is 1. The molecule has 5 nitrogen and oxygen atoms in total. The highest BCUT2D eigenvalue weighted by atomic mass is 16.5. The molecular formula is C17H23N3O2. The molecule has 0 aliphatic rings. The summed E-state index contributed by atoms with van der Waals surface area (Å²) in [4.78, 5) is 14.5. The SMILES string of the molecule is CC[C@H](C(=O)Nc1cc(C)on1)N(C)Cc1ccc(C)cc1. The summed E-state index contributed by atoms with van der Waals surface area (Å²) in [6.07, 6.45) is 0.727. The molecule has 0 saturated heterocycles. The second-order valence-electron chi connectivity index (χ2n) is 5.64. The third-order valence-electron chi connectivity index (χ3n) is 3.65. The van der Waals surface area contributed by atoms with Gasteiger partial charge in [0.25, 0.3) is 0 Å². The number of hydrogen-bond donors (Lipinski definition) is 1. The van der Waals surface area contributed by atoms with Crippen molar-refractivity contribution < 1.29 is 9.32 Å². The summed E-state index contributed by atoms with van der Waals surface area (Å²) >= 11 is 0. The number of rotatable bonds is 6. The first kappa shape index (κ1) is 16.2. The highest BCUT2D eigenvalue weighted by Gasteiger charge is 2.22. The Hall–Kier alpha value is -2.14. The van der Waals surface area contributed by atoms with E-state index in [1.807, 2.05) is 18.9 Å². The Bertz CT molecular complexity index is 619. The summed E-state index contributed by atoms with van der Waals surface area (Å²) in [5, 5.41) is 6.60. The van der Waals surface area contributed by atoms with Gasteiger partial charge in [-0.3, -0.25) is 9.69 Å². The summed E-state index contributed by atoms with van der Waals surface area (Å²) < 4.78 is 4.97. The van der Waals surface area contributed by atoms with Gasteiger partial charge in [0.1, 0.15) is 5.76 Å². The lowest BCUT2D eigenvalue weighted by atomic mass is 10.1. The van der Waals surface area contributed by atoms with Crippen LogP contribution < -0.4 is 5.32 Å². The molecule has 0 fully saturated rings. The van der Waals surface area contributed by atoms with Crippen LogP contribution in [0.3, 0.4) is 0 Å². The molecule has 22 heavy (non-hydrogen) atoms. The number of aryl methyl sites for hydroxylation is 2. The average Bonchev–Trinajstić information content (AvgIpc) is 2.87. The first-order valence-corrected chi connectivity index (χ1v) is 7.49. The number of carbonyl (C=O) groups excluding carboxylic acids is 1. The van der Waals surface area contributed by atoms with Gasteiger partial charge in [-0.15, -0.1) is 0 Å². The van der Waals surface area contributed by atoms with Gasteiger partial charge >= 0.3 is 0 Å². The maximum Gasteiger partial charge on any atom is 0.242 e. The second-order valence-corrected chi connectivity index (χ2v) is 5.64. The van der Waals surface area contributed by atoms with Crippen LogP contribution in [0.15, 0.2) is 34.9 Å². The Kier molecular flexibility index (Phi) is 5.33. The molecular weight excluding hydrogens is 278 g/mol. The highest BCUT2D eigenvalue weighted by Crippen LogP contribution is 2.13. The standard InChI is InChI=1S/C17H23N3O2/c1-5-15(17(21)18-16-10-13(3)22-19-16)20(4)11-14-8-6-12(2)7-9-14/h6-10,15H,5,11H2,1-4H3,(H,18,19,21)/t15-/m1/s1. The Morgan fingerprint density at radius 1 is 1.32 bits per heavy atom. The minimum atomic E-state index is -0.210. The maximum atomic E-state index is 12.4. The minimum Gasteiger partial charge on any atom is -0.360 e. The van der Waals surface area contributed by atoms with Crippen LogP contribution in [0.25, 0.3) is 0 Å². The van der Waals surface area contributed by atoms with Crippen LogP contribution in [0.4, 0.5) is 5.82 Å². The zero-order chi connectivity index (χ0) is 16.1. The largest absolute Gasteiger partial charge is 0.360 e. The van der Waals surface area contributed by atoms with Gasteiger partial charge in [-0.05, 0) is 32.9 Å². The van der Waals surface area contributed by atoms with Crippen molar-refractivity contribution in [2.24, 2.45) is 0 Å². The van der Waals surface area contributed by atoms with E-state index in [0.29, 0.717) is 11.6 Å². The normalized spacial score (nSPS) is 12.4. The number of aromatic nitrogens is 1. The molecule has 0 radical (unpaired) electrons. The van der Waals surface area contributed by atoms with E-state index in [2.05, 4.69) is 41.7 Å². The quantitative estimate of drug-likeness (QED) is 0.890. The first-order valence-electron chi connectivity index (χ1n) is 7.49. The molecule has 0 aliphatic carbocycles. The molecule has 0 spiro atoms. The van der Waals surface area contributed by atoms with Gasteiger partial charge in [0.2, 0.25) is 5.91 Å². The zero-order valence-electron chi connectivity index (χ0n) is 13.6. The fourth-order valence-corrected chi connectivity index (χ4v) is 2.42. The number of amides is 1. The Labute approximate surface area is 131 Å². The van der Waals surface area contributed by atoms with E-state index >= 15 is 0 Å². The van der Waals surface area contributed by atoms with E-state index in [1.165, 1.54) is 11.1 Å². The second kappa shape index (κ2) is 7.22. The Morgan fingerprint density at radius 3 is 2.55 bits per heavy atom. The molecule has 1 aromatic carbocycles. The van der Waals surface area contributed by atoms with Gasteiger partial charge in [0.15, 0.2) is 5.82 Å². The number of anilines is 1.